The van der Waals surface area contributed by atoms with Gasteiger partial charge in [0.25, 0.3) is 0 Å². The first kappa shape index (κ1) is 13.6. The predicted molar refractivity (Wildman–Crippen MR) is 76.3 cm³/mol. The smallest absolute Gasteiger partial charge is 0.0951 e. The summed E-state index contributed by atoms with van der Waals surface area (Å²) in [5.74, 6) is 0.518. The molecule has 0 aromatic carbocycles. The largest absolute Gasteiger partial charge is 0.335 e. The minimum atomic E-state index is 0.518. The van der Waals surface area contributed by atoms with Crippen LogP contribution in [0.15, 0.2) is 11.7 Å². The van der Waals surface area contributed by atoms with Gasteiger partial charge in [-0.1, -0.05) is 0 Å². The van der Waals surface area contributed by atoms with E-state index < -0.39 is 0 Å². The topological polar surface area (TPSA) is 30.7 Å². The van der Waals surface area contributed by atoms with Crippen LogP contribution in [-0.4, -0.2) is 14.5 Å². The van der Waals surface area contributed by atoms with E-state index in [1.54, 1.807) is 11.3 Å². The lowest BCUT2D eigenvalue weighted by molar-refractivity contribution is 0.597. The van der Waals surface area contributed by atoms with Crippen molar-refractivity contribution in [1.82, 2.24) is 14.5 Å². The van der Waals surface area contributed by atoms with E-state index in [0.717, 1.165) is 37.2 Å². The predicted octanol–water partition coefficient (Wildman–Crippen LogP) is 3.72. The summed E-state index contributed by atoms with van der Waals surface area (Å²) in [5.41, 5.74) is 3.40. The molecule has 0 bridgehead atoms. The number of unbranched alkanes of at least 4 members (excludes halogenated alkanes) is 1. The van der Waals surface area contributed by atoms with Crippen molar-refractivity contribution >= 4 is 22.9 Å². The number of imidazole rings is 1. The number of hydrogen-bond donors (Lipinski definition) is 0. The Bertz CT molecular complexity index is 504. The van der Waals surface area contributed by atoms with Crippen LogP contribution in [-0.2, 0) is 18.8 Å². The van der Waals surface area contributed by atoms with Gasteiger partial charge < -0.3 is 4.57 Å². The quantitative estimate of drug-likeness (QED) is 0.597. The third-order valence-electron chi connectivity index (χ3n) is 3.12. The first-order chi connectivity index (χ1) is 8.70. The number of rotatable bonds is 6. The molecule has 2 aromatic heterocycles. The van der Waals surface area contributed by atoms with Crippen LogP contribution in [0.2, 0.25) is 0 Å². The Balaban J connectivity index is 1.74. The van der Waals surface area contributed by atoms with Gasteiger partial charge in [0, 0.05) is 17.6 Å². The Morgan fingerprint density at radius 2 is 2.17 bits per heavy atom. The molecule has 0 N–H and O–H groups in total. The van der Waals surface area contributed by atoms with Crippen molar-refractivity contribution in [1.29, 1.82) is 0 Å². The van der Waals surface area contributed by atoms with Crippen molar-refractivity contribution in [2.75, 3.05) is 0 Å². The van der Waals surface area contributed by atoms with E-state index in [4.69, 9.17) is 11.6 Å². The van der Waals surface area contributed by atoms with E-state index in [1.807, 2.05) is 11.7 Å². The highest BCUT2D eigenvalue weighted by atomic mass is 35.5. The average molecular weight is 284 g/mol. The molecule has 0 aliphatic rings. The van der Waals surface area contributed by atoms with Crippen molar-refractivity contribution in [2.45, 2.75) is 45.5 Å². The summed E-state index contributed by atoms with van der Waals surface area (Å²) in [5, 5.41) is 3.25. The highest BCUT2D eigenvalue weighted by Crippen LogP contribution is 2.14. The highest BCUT2D eigenvalue weighted by molar-refractivity contribution is 7.09. The first-order valence-corrected chi connectivity index (χ1v) is 7.59. The monoisotopic (exact) mass is 283 g/mol. The zero-order valence-corrected chi connectivity index (χ0v) is 12.4. The fraction of sp³-hybridized carbons (Fsp3) is 0.538. The molecule has 0 aliphatic carbocycles. The Labute approximate surface area is 117 Å². The lowest BCUT2D eigenvalue weighted by Gasteiger charge is -2.04. The van der Waals surface area contributed by atoms with Crippen molar-refractivity contribution in [2.24, 2.45) is 0 Å². The maximum Gasteiger partial charge on any atom is 0.0951 e. The molecule has 0 aliphatic heterocycles. The van der Waals surface area contributed by atoms with Gasteiger partial charge in [0.2, 0.25) is 0 Å². The van der Waals surface area contributed by atoms with Gasteiger partial charge in [-0.25, -0.2) is 9.97 Å². The molecule has 18 heavy (non-hydrogen) atoms. The molecular formula is C13H18ClN3S. The summed E-state index contributed by atoms with van der Waals surface area (Å²) in [6, 6.07) is 0. The number of aryl methyl sites for hydroxylation is 3. The lowest BCUT2D eigenvalue weighted by atomic mass is 10.2. The Morgan fingerprint density at radius 1 is 1.33 bits per heavy atom. The van der Waals surface area contributed by atoms with Gasteiger partial charge in [-0.05, 0) is 33.1 Å². The normalized spacial score (nSPS) is 11.1. The summed E-state index contributed by atoms with van der Waals surface area (Å²) in [6.07, 6.45) is 5.30. The summed E-state index contributed by atoms with van der Waals surface area (Å²) < 4.78 is 2.22. The van der Waals surface area contributed by atoms with Crippen LogP contribution in [0, 0.1) is 13.8 Å². The minimum absolute atomic E-state index is 0.518. The molecule has 0 fully saturated rings. The Morgan fingerprint density at radius 3 is 2.78 bits per heavy atom. The summed E-state index contributed by atoms with van der Waals surface area (Å²) >= 11 is 7.45. The van der Waals surface area contributed by atoms with Crippen LogP contribution in [0.1, 0.15) is 34.9 Å². The molecule has 0 saturated heterocycles. The fourth-order valence-corrected chi connectivity index (χ4v) is 2.92. The molecule has 2 aromatic rings. The Hall–Kier alpha value is -0.870. The molecule has 3 nitrogen and oxygen atoms in total. The maximum atomic E-state index is 5.74. The molecule has 0 saturated carbocycles. The molecule has 0 atom stereocenters. The van der Waals surface area contributed by atoms with E-state index in [0.29, 0.717) is 5.88 Å². The number of hydrogen-bond acceptors (Lipinski definition) is 3. The molecule has 0 radical (unpaired) electrons. The molecule has 98 valence electrons. The SMILES string of the molecule is Cc1ncn(CCCCc2nc(CCl)cs2)c1C. The van der Waals surface area contributed by atoms with Crippen LogP contribution in [0.4, 0.5) is 0 Å². The molecule has 0 spiro atoms. The van der Waals surface area contributed by atoms with Crippen LogP contribution in [0.3, 0.4) is 0 Å². The average Bonchev–Trinajstić information content (AvgIpc) is 2.95. The zero-order chi connectivity index (χ0) is 13.0. The molecular weight excluding hydrogens is 266 g/mol. The van der Waals surface area contributed by atoms with Gasteiger partial charge in [-0.15, -0.1) is 22.9 Å². The third kappa shape index (κ3) is 3.33. The van der Waals surface area contributed by atoms with Gasteiger partial charge in [-0.3, -0.25) is 0 Å². The Kier molecular flexibility index (Phi) is 4.78. The van der Waals surface area contributed by atoms with Crippen LogP contribution < -0.4 is 0 Å². The van der Waals surface area contributed by atoms with E-state index in [1.165, 1.54) is 10.7 Å². The molecule has 2 rings (SSSR count). The van der Waals surface area contributed by atoms with E-state index >= 15 is 0 Å². The van der Waals surface area contributed by atoms with Crippen molar-refractivity contribution < 1.29 is 0 Å². The van der Waals surface area contributed by atoms with Crippen molar-refractivity contribution in [3.8, 4) is 0 Å². The summed E-state index contributed by atoms with van der Waals surface area (Å²) in [6.45, 7) is 5.21. The summed E-state index contributed by atoms with van der Waals surface area (Å²) in [7, 11) is 0. The van der Waals surface area contributed by atoms with Crippen LogP contribution in [0.5, 0.6) is 0 Å². The van der Waals surface area contributed by atoms with E-state index in [-0.39, 0.29) is 0 Å². The highest BCUT2D eigenvalue weighted by Gasteiger charge is 2.03. The van der Waals surface area contributed by atoms with E-state index in [9.17, 15) is 0 Å². The number of halogens is 1. The van der Waals surface area contributed by atoms with Gasteiger partial charge in [-0.2, -0.15) is 0 Å². The second-order valence-electron chi connectivity index (χ2n) is 4.43. The lowest BCUT2D eigenvalue weighted by Crippen LogP contribution is -1.99. The van der Waals surface area contributed by atoms with Crippen LogP contribution >= 0.6 is 22.9 Å². The van der Waals surface area contributed by atoms with Gasteiger partial charge in [0.05, 0.1) is 28.6 Å². The number of thiazole rings is 1. The van der Waals surface area contributed by atoms with Crippen molar-refractivity contribution in [3.05, 3.63) is 33.8 Å². The van der Waals surface area contributed by atoms with Gasteiger partial charge >= 0.3 is 0 Å². The second-order valence-corrected chi connectivity index (χ2v) is 5.64. The standard InChI is InChI=1S/C13H18ClN3S/c1-10-11(2)17(9-15-10)6-4-3-5-13-16-12(7-14)8-18-13/h8-9H,3-7H2,1-2H3. The summed E-state index contributed by atoms with van der Waals surface area (Å²) in [4.78, 5) is 8.77. The maximum absolute atomic E-state index is 5.74. The number of alkyl halides is 1. The van der Waals surface area contributed by atoms with Crippen molar-refractivity contribution in [3.63, 3.8) is 0 Å². The molecule has 5 heteroatoms. The fourth-order valence-electron chi connectivity index (χ4n) is 1.85. The van der Waals surface area contributed by atoms with Gasteiger partial charge in [0.15, 0.2) is 0 Å². The number of nitrogens with zero attached hydrogens (tertiary/aromatic N) is 3. The third-order valence-corrected chi connectivity index (χ3v) is 4.35. The van der Waals surface area contributed by atoms with E-state index in [2.05, 4.69) is 28.4 Å². The van der Waals surface area contributed by atoms with Gasteiger partial charge in [0.1, 0.15) is 0 Å². The molecule has 0 unspecified atom stereocenters. The van der Waals surface area contributed by atoms with Crippen LogP contribution in [0.25, 0.3) is 0 Å². The molecule has 0 amide bonds. The molecule has 2 heterocycles. The minimum Gasteiger partial charge on any atom is -0.335 e. The number of aromatic nitrogens is 3. The first-order valence-electron chi connectivity index (χ1n) is 6.18. The second kappa shape index (κ2) is 6.34. The zero-order valence-electron chi connectivity index (χ0n) is 10.8.